The van der Waals surface area contributed by atoms with E-state index in [1.807, 2.05) is 13.8 Å². The monoisotopic (exact) mass is 207 g/mol. The van der Waals surface area contributed by atoms with Crippen LogP contribution in [0.5, 0.6) is 0 Å². The summed E-state index contributed by atoms with van der Waals surface area (Å²) in [4.78, 5) is 14.4. The second kappa shape index (κ2) is 3.46. The molecule has 2 aromatic rings. The summed E-state index contributed by atoms with van der Waals surface area (Å²) in [5.74, 6) is 0.521. The van der Waals surface area contributed by atoms with Crippen molar-refractivity contribution < 1.29 is 13.9 Å². The summed E-state index contributed by atoms with van der Waals surface area (Å²) in [5, 5.41) is 0. The maximum atomic E-state index is 11.4. The molecule has 0 spiro atoms. The number of nitrogens with one attached hydrogen (secondary N) is 1. The van der Waals surface area contributed by atoms with Crippen LogP contribution in [-0.2, 0) is 4.74 Å². The van der Waals surface area contributed by atoms with Gasteiger partial charge in [-0.05, 0) is 20.8 Å². The molecular weight excluding hydrogens is 194 g/mol. The highest BCUT2D eigenvalue weighted by atomic mass is 16.5. The molecule has 0 amide bonds. The lowest BCUT2D eigenvalue weighted by molar-refractivity contribution is 0.0520. The number of carbonyl (C=O) groups excluding carboxylic acids is 1. The molecule has 0 bridgehead atoms. The first kappa shape index (κ1) is 9.83. The van der Waals surface area contributed by atoms with E-state index in [1.165, 1.54) is 0 Å². The van der Waals surface area contributed by atoms with Crippen molar-refractivity contribution in [1.29, 1.82) is 0 Å². The summed E-state index contributed by atoms with van der Waals surface area (Å²) < 4.78 is 10.4. The van der Waals surface area contributed by atoms with Crippen LogP contribution in [0.15, 0.2) is 10.5 Å². The topological polar surface area (TPSA) is 55.2 Å². The van der Waals surface area contributed by atoms with E-state index in [0.717, 1.165) is 16.8 Å². The predicted octanol–water partition coefficient (Wildman–Crippen LogP) is 2.55. The first-order chi connectivity index (χ1) is 7.13. The van der Waals surface area contributed by atoms with Crippen molar-refractivity contribution in [2.75, 3.05) is 6.61 Å². The van der Waals surface area contributed by atoms with E-state index in [4.69, 9.17) is 9.15 Å². The molecule has 2 heterocycles. The number of rotatable bonds is 2. The number of esters is 1. The zero-order valence-electron chi connectivity index (χ0n) is 9.01. The third kappa shape index (κ3) is 1.52. The molecule has 0 saturated heterocycles. The largest absolute Gasteiger partial charge is 0.461 e. The molecule has 0 aliphatic carbocycles. The van der Waals surface area contributed by atoms with Crippen molar-refractivity contribution in [2.45, 2.75) is 20.8 Å². The minimum atomic E-state index is -0.346. The normalized spacial score (nSPS) is 10.9. The number of hydrogen-bond acceptors (Lipinski definition) is 3. The van der Waals surface area contributed by atoms with Crippen LogP contribution < -0.4 is 0 Å². The molecule has 0 aliphatic heterocycles. The van der Waals surface area contributed by atoms with E-state index in [2.05, 4.69) is 4.98 Å². The van der Waals surface area contributed by atoms with Gasteiger partial charge in [-0.15, -0.1) is 0 Å². The molecule has 15 heavy (non-hydrogen) atoms. The fraction of sp³-hybridized carbons (Fsp3) is 0.364. The lowest BCUT2D eigenvalue weighted by atomic mass is 10.3. The molecule has 0 saturated carbocycles. The molecule has 4 nitrogen and oxygen atoms in total. The zero-order valence-corrected chi connectivity index (χ0v) is 9.01. The Kier molecular flexibility index (Phi) is 2.26. The molecule has 1 N–H and O–H groups in total. The van der Waals surface area contributed by atoms with Crippen LogP contribution in [0.1, 0.15) is 28.7 Å². The van der Waals surface area contributed by atoms with Crippen molar-refractivity contribution in [1.82, 2.24) is 4.98 Å². The number of H-pyrrole nitrogens is 1. The first-order valence-corrected chi connectivity index (χ1v) is 4.89. The lowest BCUT2D eigenvalue weighted by Gasteiger charge is -1.97. The van der Waals surface area contributed by atoms with Gasteiger partial charge in [-0.2, -0.15) is 0 Å². The van der Waals surface area contributed by atoms with Crippen LogP contribution in [0.2, 0.25) is 0 Å². The average molecular weight is 207 g/mol. The number of aromatic amines is 1. The molecule has 0 unspecified atom stereocenters. The molecule has 0 radical (unpaired) electrons. The van der Waals surface area contributed by atoms with Crippen LogP contribution in [0.3, 0.4) is 0 Å². The molecule has 2 rings (SSSR count). The van der Waals surface area contributed by atoms with Gasteiger partial charge in [-0.25, -0.2) is 4.79 Å². The Bertz CT molecular complexity index is 507. The van der Waals surface area contributed by atoms with Gasteiger partial charge in [0.15, 0.2) is 5.58 Å². The molecule has 0 aromatic carbocycles. The van der Waals surface area contributed by atoms with Gasteiger partial charge < -0.3 is 14.1 Å². The number of fused-ring (bicyclic) bond motifs is 1. The van der Waals surface area contributed by atoms with E-state index in [-0.39, 0.29) is 5.97 Å². The van der Waals surface area contributed by atoms with Crippen LogP contribution in [0.4, 0.5) is 0 Å². The maximum Gasteiger partial charge on any atom is 0.354 e. The maximum absolute atomic E-state index is 11.4. The van der Waals surface area contributed by atoms with Gasteiger partial charge in [0.05, 0.1) is 12.1 Å². The summed E-state index contributed by atoms with van der Waals surface area (Å²) >= 11 is 0. The average Bonchev–Trinajstić information content (AvgIpc) is 2.70. The Morgan fingerprint density at radius 3 is 2.87 bits per heavy atom. The quantitative estimate of drug-likeness (QED) is 0.770. The van der Waals surface area contributed by atoms with Crippen molar-refractivity contribution >= 4 is 17.1 Å². The molecule has 80 valence electrons. The predicted molar refractivity (Wildman–Crippen MR) is 56.0 cm³/mol. The Morgan fingerprint density at radius 2 is 2.27 bits per heavy atom. The van der Waals surface area contributed by atoms with Gasteiger partial charge >= 0.3 is 5.97 Å². The van der Waals surface area contributed by atoms with Gasteiger partial charge in [-0.1, -0.05) is 0 Å². The summed E-state index contributed by atoms with van der Waals surface area (Å²) in [5.41, 5.74) is 3.04. The fourth-order valence-electron chi connectivity index (χ4n) is 1.53. The van der Waals surface area contributed by atoms with Gasteiger partial charge in [0.2, 0.25) is 0 Å². The third-order valence-corrected chi connectivity index (χ3v) is 2.44. The number of furan rings is 1. The summed E-state index contributed by atoms with van der Waals surface area (Å²) in [6.45, 7) is 6.00. The van der Waals surface area contributed by atoms with E-state index in [9.17, 15) is 4.79 Å². The molecule has 4 heteroatoms. The van der Waals surface area contributed by atoms with Crippen LogP contribution >= 0.6 is 0 Å². The lowest BCUT2D eigenvalue weighted by Crippen LogP contribution is -2.04. The summed E-state index contributed by atoms with van der Waals surface area (Å²) in [6.07, 6.45) is 0. The zero-order chi connectivity index (χ0) is 11.0. The SMILES string of the molecule is CCOC(=O)c1cc2oc(C)c(C)c2[nH]1. The summed E-state index contributed by atoms with van der Waals surface area (Å²) in [6, 6.07) is 1.67. The molecule has 0 aliphatic rings. The number of carbonyl (C=O) groups is 1. The molecule has 0 fully saturated rings. The first-order valence-electron chi connectivity index (χ1n) is 4.89. The summed E-state index contributed by atoms with van der Waals surface area (Å²) in [7, 11) is 0. The molecular formula is C11H13NO3. The van der Waals surface area contributed by atoms with Crippen molar-refractivity contribution in [2.24, 2.45) is 0 Å². The standard InChI is InChI=1S/C11H13NO3/c1-4-14-11(13)8-5-9-10(12-8)6(2)7(3)15-9/h5,12H,4H2,1-3H3. The smallest absolute Gasteiger partial charge is 0.354 e. The number of hydrogen-bond donors (Lipinski definition) is 1. The third-order valence-electron chi connectivity index (χ3n) is 2.44. The highest BCUT2D eigenvalue weighted by Crippen LogP contribution is 2.24. The van der Waals surface area contributed by atoms with Crippen LogP contribution in [0.25, 0.3) is 11.1 Å². The Labute approximate surface area is 87.2 Å². The second-order valence-corrected chi connectivity index (χ2v) is 3.43. The van der Waals surface area contributed by atoms with Crippen molar-refractivity contribution in [3.05, 3.63) is 23.1 Å². The number of aromatic nitrogens is 1. The van der Waals surface area contributed by atoms with E-state index >= 15 is 0 Å². The molecule has 2 aromatic heterocycles. The Morgan fingerprint density at radius 1 is 1.53 bits per heavy atom. The highest BCUT2D eigenvalue weighted by Gasteiger charge is 2.15. The fourth-order valence-corrected chi connectivity index (χ4v) is 1.53. The number of ether oxygens (including phenoxy) is 1. The van der Waals surface area contributed by atoms with E-state index < -0.39 is 0 Å². The minimum absolute atomic E-state index is 0.346. The Hall–Kier alpha value is -1.71. The van der Waals surface area contributed by atoms with Gasteiger partial charge in [-0.3, -0.25) is 0 Å². The van der Waals surface area contributed by atoms with Gasteiger partial charge in [0.1, 0.15) is 11.5 Å². The van der Waals surface area contributed by atoms with Crippen LogP contribution in [-0.4, -0.2) is 17.6 Å². The number of aryl methyl sites for hydroxylation is 2. The van der Waals surface area contributed by atoms with Crippen LogP contribution in [0, 0.1) is 13.8 Å². The Balaban J connectivity index is 2.44. The second-order valence-electron chi connectivity index (χ2n) is 3.43. The van der Waals surface area contributed by atoms with Gasteiger partial charge in [0.25, 0.3) is 0 Å². The van der Waals surface area contributed by atoms with Crippen molar-refractivity contribution in [3.8, 4) is 0 Å². The molecule has 0 atom stereocenters. The minimum Gasteiger partial charge on any atom is -0.461 e. The highest BCUT2D eigenvalue weighted by molar-refractivity contribution is 5.94. The van der Waals surface area contributed by atoms with Crippen molar-refractivity contribution in [3.63, 3.8) is 0 Å². The van der Waals surface area contributed by atoms with Gasteiger partial charge in [0, 0.05) is 11.6 Å². The van der Waals surface area contributed by atoms with E-state index in [1.54, 1.807) is 13.0 Å². The van der Waals surface area contributed by atoms with E-state index in [0.29, 0.717) is 17.9 Å².